The van der Waals surface area contributed by atoms with Gasteiger partial charge >= 0.3 is 0 Å². The Kier molecular flexibility index (Phi) is 2.72. The number of fused-ring (bicyclic) bond motifs is 1. The molecule has 4 nitrogen and oxygen atoms in total. The van der Waals surface area contributed by atoms with Crippen LogP contribution in [-0.2, 0) is 13.0 Å². The summed E-state index contributed by atoms with van der Waals surface area (Å²) in [4.78, 5) is 6.71. The van der Waals surface area contributed by atoms with Crippen LogP contribution in [0.4, 0.5) is 5.13 Å². The molecule has 1 aromatic heterocycles. The van der Waals surface area contributed by atoms with Crippen LogP contribution in [0.25, 0.3) is 0 Å². The average Bonchev–Trinajstić information content (AvgIpc) is 2.93. The van der Waals surface area contributed by atoms with E-state index in [-0.39, 0.29) is 12.0 Å². The van der Waals surface area contributed by atoms with Crippen molar-refractivity contribution in [2.24, 2.45) is 5.41 Å². The third-order valence-electron chi connectivity index (χ3n) is 4.10. The third kappa shape index (κ3) is 1.89. The fourth-order valence-corrected chi connectivity index (χ4v) is 3.91. The van der Waals surface area contributed by atoms with E-state index in [4.69, 9.17) is 9.84 Å². The van der Waals surface area contributed by atoms with E-state index < -0.39 is 0 Å². The molecule has 2 aliphatic rings. The van der Waals surface area contributed by atoms with Crippen LogP contribution in [-0.4, -0.2) is 29.8 Å². The van der Waals surface area contributed by atoms with Crippen molar-refractivity contribution in [1.82, 2.24) is 4.98 Å². The molecule has 2 aromatic rings. The topological polar surface area (TPSA) is 45.6 Å². The minimum absolute atomic E-state index is 0.0198. The average molecular weight is 288 g/mol. The van der Waals surface area contributed by atoms with E-state index in [0.29, 0.717) is 0 Å². The monoisotopic (exact) mass is 288 g/mol. The lowest BCUT2D eigenvalue weighted by atomic mass is 9.74. The number of aromatic nitrogens is 1. The molecule has 1 N–H and O–H groups in total. The van der Waals surface area contributed by atoms with Gasteiger partial charge in [-0.25, -0.2) is 4.98 Å². The predicted molar refractivity (Wildman–Crippen MR) is 78.3 cm³/mol. The molecule has 3 heterocycles. The molecular weight excluding hydrogens is 272 g/mol. The Hall–Kier alpha value is -1.59. The number of aliphatic hydroxyl groups is 1. The van der Waals surface area contributed by atoms with Crippen LogP contribution in [0.5, 0.6) is 5.75 Å². The number of nitrogens with zero attached hydrogens (tertiary/aromatic N) is 2. The molecule has 5 heteroatoms. The maximum Gasteiger partial charge on any atom is 0.185 e. The molecule has 4 rings (SSSR count). The van der Waals surface area contributed by atoms with Gasteiger partial charge in [0.25, 0.3) is 0 Å². The summed E-state index contributed by atoms with van der Waals surface area (Å²) in [5, 5.41) is 12.0. The molecule has 0 atom stereocenters. The number of anilines is 1. The Bertz CT molecular complexity index is 634. The molecule has 20 heavy (non-hydrogen) atoms. The molecular formula is C15H16N2O2S. The van der Waals surface area contributed by atoms with Crippen molar-refractivity contribution < 1.29 is 9.84 Å². The maximum atomic E-state index is 9.08. The first-order chi connectivity index (χ1) is 9.78. The summed E-state index contributed by atoms with van der Waals surface area (Å²) in [7, 11) is 0. The summed E-state index contributed by atoms with van der Waals surface area (Å²) in [6.07, 6.45) is 1.08. The Morgan fingerprint density at radius 3 is 3.00 bits per heavy atom. The lowest BCUT2D eigenvalue weighted by Gasteiger charge is -2.51. The summed E-state index contributed by atoms with van der Waals surface area (Å²) in [6, 6.07) is 8.31. The fourth-order valence-electron chi connectivity index (χ4n) is 3.09. The van der Waals surface area contributed by atoms with E-state index in [0.717, 1.165) is 42.7 Å². The minimum Gasteiger partial charge on any atom is -0.493 e. The number of thiazole rings is 1. The Labute approximate surface area is 121 Å². The largest absolute Gasteiger partial charge is 0.493 e. The molecule has 0 bridgehead atoms. The summed E-state index contributed by atoms with van der Waals surface area (Å²) < 4.78 is 5.91. The summed E-state index contributed by atoms with van der Waals surface area (Å²) in [5.74, 6) is 1.04. The second-order valence-electron chi connectivity index (χ2n) is 5.71. The van der Waals surface area contributed by atoms with Gasteiger partial charge in [0.2, 0.25) is 0 Å². The number of aliphatic hydroxyl groups excluding tert-OH is 1. The molecule has 1 aromatic carbocycles. The van der Waals surface area contributed by atoms with Crippen molar-refractivity contribution in [3.8, 4) is 5.75 Å². The van der Waals surface area contributed by atoms with E-state index in [1.807, 2.05) is 17.5 Å². The lowest BCUT2D eigenvalue weighted by Crippen LogP contribution is -2.61. The fraction of sp³-hybridized carbons (Fsp3) is 0.400. The van der Waals surface area contributed by atoms with E-state index in [2.05, 4.69) is 22.0 Å². The van der Waals surface area contributed by atoms with Gasteiger partial charge in [-0.15, -0.1) is 11.3 Å². The van der Waals surface area contributed by atoms with Crippen molar-refractivity contribution in [3.63, 3.8) is 0 Å². The molecule has 1 fully saturated rings. The van der Waals surface area contributed by atoms with Gasteiger partial charge in [-0.3, -0.25) is 0 Å². The lowest BCUT2D eigenvalue weighted by molar-refractivity contribution is 0.0879. The SMILES string of the molecule is OCc1csc(N2CC3(COc4ccccc4C3)C2)n1. The van der Waals surface area contributed by atoms with Crippen LogP contribution in [0, 0.1) is 5.41 Å². The first-order valence-electron chi connectivity index (χ1n) is 6.79. The van der Waals surface area contributed by atoms with Gasteiger partial charge in [-0.05, 0) is 18.1 Å². The predicted octanol–water partition coefficient (Wildman–Crippen LogP) is 2.08. The highest BCUT2D eigenvalue weighted by Gasteiger charge is 2.47. The van der Waals surface area contributed by atoms with Crippen molar-refractivity contribution in [1.29, 1.82) is 0 Å². The van der Waals surface area contributed by atoms with Gasteiger partial charge in [0.05, 0.1) is 18.9 Å². The van der Waals surface area contributed by atoms with Crippen molar-refractivity contribution in [2.45, 2.75) is 13.0 Å². The summed E-state index contributed by atoms with van der Waals surface area (Å²) in [5.41, 5.74) is 2.31. The zero-order valence-corrected chi connectivity index (χ0v) is 11.9. The second kappa shape index (κ2) is 4.46. The van der Waals surface area contributed by atoms with E-state index >= 15 is 0 Å². The van der Waals surface area contributed by atoms with Crippen LogP contribution in [0.15, 0.2) is 29.6 Å². The Morgan fingerprint density at radius 2 is 2.20 bits per heavy atom. The number of para-hydroxylation sites is 1. The molecule has 1 spiro atoms. The highest BCUT2D eigenvalue weighted by atomic mass is 32.1. The van der Waals surface area contributed by atoms with Gasteiger partial charge in [-0.1, -0.05) is 18.2 Å². The Balaban J connectivity index is 1.48. The number of ether oxygens (including phenoxy) is 1. The van der Waals surface area contributed by atoms with Gasteiger partial charge < -0.3 is 14.7 Å². The quantitative estimate of drug-likeness (QED) is 0.919. The smallest absolute Gasteiger partial charge is 0.185 e. The minimum atomic E-state index is 0.0198. The zero-order chi connectivity index (χ0) is 13.6. The molecule has 2 aliphatic heterocycles. The first-order valence-corrected chi connectivity index (χ1v) is 7.67. The molecule has 0 unspecified atom stereocenters. The van der Waals surface area contributed by atoms with Gasteiger partial charge in [0.15, 0.2) is 5.13 Å². The molecule has 0 radical (unpaired) electrons. The highest BCUT2D eigenvalue weighted by Crippen LogP contribution is 2.43. The van der Waals surface area contributed by atoms with E-state index in [9.17, 15) is 0 Å². The standard InChI is InChI=1S/C15H16N2O2S/c18-6-12-7-20-14(16-12)17-8-15(9-17)5-11-3-1-2-4-13(11)19-10-15/h1-4,7,18H,5-6,8-10H2. The van der Waals surface area contributed by atoms with Crippen LogP contribution in [0.3, 0.4) is 0 Å². The maximum absolute atomic E-state index is 9.08. The molecule has 0 amide bonds. The van der Waals surface area contributed by atoms with Crippen molar-refractivity contribution in [3.05, 3.63) is 40.9 Å². The molecule has 1 saturated heterocycles. The number of rotatable bonds is 2. The zero-order valence-electron chi connectivity index (χ0n) is 11.1. The molecule has 0 aliphatic carbocycles. The third-order valence-corrected chi connectivity index (χ3v) is 5.05. The highest BCUT2D eigenvalue weighted by molar-refractivity contribution is 7.13. The van der Waals surface area contributed by atoms with Gasteiger partial charge in [-0.2, -0.15) is 0 Å². The molecule has 0 saturated carbocycles. The molecule has 104 valence electrons. The van der Waals surface area contributed by atoms with Crippen LogP contribution >= 0.6 is 11.3 Å². The number of benzene rings is 1. The van der Waals surface area contributed by atoms with Crippen LogP contribution < -0.4 is 9.64 Å². The van der Waals surface area contributed by atoms with Crippen molar-refractivity contribution >= 4 is 16.5 Å². The number of hydrogen-bond donors (Lipinski definition) is 1. The van der Waals surface area contributed by atoms with Crippen molar-refractivity contribution in [2.75, 3.05) is 24.6 Å². The van der Waals surface area contributed by atoms with Gasteiger partial charge in [0.1, 0.15) is 5.75 Å². The summed E-state index contributed by atoms with van der Waals surface area (Å²) >= 11 is 1.60. The van der Waals surface area contributed by atoms with Crippen LogP contribution in [0.2, 0.25) is 0 Å². The second-order valence-corrected chi connectivity index (χ2v) is 6.55. The van der Waals surface area contributed by atoms with E-state index in [1.165, 1.54) is 5.56 Å². The van der Waals surface area contributed by atoms with E-state index in [1.54, 1.807) is 11.3 Å². The summed E-state index contributed by atoms with van der Waals surface area (Å²) in [6.45, 7) is 2.78. The normalized spacial score (nSPS) is 19.4. The van der Waals surface area contributed by atoms with Gasteiger partial charge in [0, 0.05) is 23.9 Å². The number of hydrogen-bond acceptors (Lipinski definition) is 5. The van der Waals surface area contributed by atoms with Crippen LogP contribution in [0.1, 0.15) is 11.3 Å². The first kappa shape index (κ1) is 12.2. The Morgan fingerprint density at radius 1 is 1.35 bits per heavy atom.